The van der Waals surface area contributed by atoms with Gasteiger partial charge in [-0.1, -0.05) is 23.2 Å². The van der Waals surface area contributed by atoms with Gasteiger partial charge in [0, 0.05) is 41.5 Å². The molecular formula is C29H27Cl2FN2O4. The summed E-state index contributed by atoms with van der Waals surface area (Å²) in [6, 6.07) is 8.08. The minimum Gasteiger partial charge on any atom is -0.482 e. The van der Waals surface area contributed by atoms with E-state index in [0.717, 1.165) is 55.9 Å². The molecule has 1 aromatic heterocycles. The van der Waals surface area contributed by atoms with Crippen LogP contribution in [0.1, 0.15) is 66.9 Å². The molecule has 1 unspecified atom stereocenters. The minimum absolute atomic E-state index is 0.0153. The number of fused-ring (bicyclic) bond motifs is 2. The van der Waals surface area contributed by atoms with Crippen LogP contribution in [-0.4, -0.2) is 28.4 Å². The Morgan fingerprint density at radius 3 is 2.55 bits per heavy atom. The largest absolute Gasteiger partial charge is 0.482 e. The van der Waals surface area contributed by atoms with Crippen LogP contribution in [0.3, 0.4) is 0 Å². The smallest absolute Gasteiger partial charge is 0.256 e. The first-order valence-electron chi connectivity index (χ1n) is 13.1. The number of hydrogen-bond acceptors (Lipinski definition) is 4. The molecule has 2 saturated carbocycles. The number of halogens is 3. The van der Waals surface area contributed by atoms with E-state index < -0.39 is 23.3 Å². The van der Waals surface area contributed by atoms with E-state index in [1.54, 1.807) is 18.3 Å². The van der Waals surface area contributed by atoms with Gasteiger partial charge < -0.3 is 14.6 Å². The highest BCUT2D eigenvalue weighted by molar-refractivity contribution is 6.31. The van der Waals surface area contributed by atoms with Crippen molar-refractivity contribution in [2.45, 2.75) is 69.6 Å². The van der Waals surface area contributed by atoms with Crippen LogP contribution in [0.25, 0.3) is 10.9 Å². The van der Waals surface area contributed by atoms with Crippen LogP contribution < -0.4 is 15.5 Å². The van der Waals surface area contributed by atoms with Crippen LogP contribution in [0.4, 0.5) is 4.39 Å². The Balaban J connectivity index is 1.08. The molecule has 0 radical (unpaired) electrons. The third-order valence-corrected chi connectivity index (χ3v) is 8.51. The first-order chi connectivity index (χ1) is 18.3. The number of ketones is 1. The highest BCUT2D eigenvalue weighted by atomic mass is 35.5. The SMILES string of the molecule is O=C(NC1CCC(CC(=O)C2Cc3cc(Cl)ccc3O2)CC1)c1cn(C2CC2)c2cc(Cl)c(F)cc2c1=O. The van der Waals surface area contributed by atoms with Crippen molar-refractivity contribution in [1.29, 1.82) is 0 Å². The van der Waals surface area contributed by atoms with Gasteiger partial charge in [-0.25, -0.2) is 4.39 Å². The Morgan fingerprint density at radius 1 is 1.05 bits per heavy atom. The number of carbonyl (C=O) groups excluding carboxylic acids is 2. The van der Waals surface area contributed by atoms with Crippen LogP contribution in [0, 0.1) is 11.7 Å². The second-order valence-electron chi connectivity index (χ2n) is 10.7. The zero-order chi connectivity index (χ0) is 26.6. The highest BCUT2D eigenvalue weighted by Gasteiger charge is 2.33. The van der Waals surface area contributed by atoms with Gasteiger partial charge in [-0.15, -0.1) is 0 Å². The zero-order valence-electron chi connectivity index (χ0n) is 20.6. The quantitative estimate of drug-likeness (QED) is 0.402. The number of benzene rings is 2. The van der Waals surface area contributed by atoms with Crippen LogP contribution in [-0.2, 0) is 11.2 Å². The fraction of sp³-hybridized carbons (Fsp3) is 0.414. The number of amides is 1. The molecule has 198 valence electrons. The number of ether oxygens (including phenoxy) is 1. The molecule has 1 aliphatic heterocycles. The molecule has 6 rings (SSSR count). The first-order valence-corrected chi connectivity index (χ1v) is 13.8. The summed E-state index contributed by atoms with van der Waals surface area (Å²) in [7, 11) is 0. The second-order valence-corrected chi connectivity index (χ2v) is 11.6. The summed E-state index contributed by atoms with van der Waals surface area (Å²) in [5.74, 6) is -0.0860. The molecule has 2 fully saturated rings. The van der Waals surface area contributed by atoms with E-state index in [2.05, 4.69) is 5.32 Å². The third-order valence-electron chi connectivity index (χ3n) is 7.99. The van der Waals surface area contributed by atoms with Gasteiger partial charge in [-0.3, -0.25) is 14.4 Å². The summed E-state index contributed by atoms with van der Waals surface area (Å²) in [6.45, 7) is 0. The number of hydrogen-bond donors (Lipinski definition) is 1. The number of pyridine rings is 1. The number of nitrogens with zero attached hydrogens (tertiary/aromatic N) is 1. The van der Waals surface area contributed by atoms with Crippen molar-refractivity contribution >= 4 is 45.8 Å². The Bertz CT molecular complexity index is 1510. The second kappa shape index (κ2) is 10.0. The Morgan fingerprint density at radius 2 is 1.82 bits per heavy atom. The lowest BCUT2D eigenvalue weighted by Gasteiger charge is -2.29. The number of rotatable bonds is 6. The van der Waals surface area contributed by atoms with Crippen molar-refractivity contribution in [2.24, 2.45) is 5.92 Å². The standard InChI is InChI=1S/C29H27Cl2FN2O4/c30-17-3-8-26-16(10-17)11-27(38-26)25(35)9-15-1-4-18(5-2-15)33-29(37)21-14-34(19-6-7-19)24-13-22(31)23(32)12-20(24)28(21)36/h3,8,10,12-15,18-19,27H,1-2,4-7,9,11H2,(H,33,37). The van der Waals surface area contributed by atoms with E-state index in [4.69, 9.17) is 27.9 Å². The van der Waals surface area contributed by atoms with Gasteiger partial charge in [0.05, 0.1) is 10.5 Å². The molecule has 9 heteroatoms. The molecule has 0 spiro atoms. The molecule has 1 amide bonds. The molecule has 0 bridgehead atoms. The Labute approximate surface area is 229 Å². The van der Waals surface area contributed by atoms with Crippen molar-refractivity contribution in [3.63, 3.8) is 0 Å². The molecule has 2 aliphatic carbocycles. The summed E-state index contributed by atoms with van der Waals surface area (Å²) in [5.41, 5.74) is 1.02. The summed E-state index contributed by atoms with van der Waals surface area (Å²) in [4.78, 5) is 39.2. The van der Waals surface area contributed by atoms with Gasteiger partial charge in [0.1, 0.15) is 17.1 Å². The molecular weight excluding hydrogens is 530 g/mol. The molecule has 2 aromatic carbocycles. The fourth-order valence-electron chi connectivity index (χ4n) is 5.75. The molecule has 38 heavy (non-hydrogen) atoms. The lowest BCUT2D eigenvalue weighted by Crippen LogP contribution is -2.40. The van der Waals surface area contributed by atoms with Crippen molar-refractivity contribution in [3.05, 3.63) is 73.7 Å². The molecule has 0 saturated heterocycles. The van der Waals surface area contributed by atoms with E-state index in [1.807, 2.05) is 10.6 Å². The van der Waals surface area contributed by atoms with Crippen LogP contribution in [0.15, 0.2) is 41.3 Å². The number of Topliss-reactive ketones (excluding diaryl/α,β-unsaturated/α-hetero) is 1. The van der Waals surface area contributed by atoms with Gasteiger partial charge in [-0.2, -0.15) is 0 Å². The zero-order valence-corrected chi connectivity index (χ0v) is 22.2. The van der Waals surface area contributed by atoms with Gasteiger partial charge >= 0.3 is 0 Å². The van der Waals surface area contributed by atoms with E-state index >= 15 is 0 Å². The normalized spacial score (nSPS) is 22.7. The van der Waals surface area contributed by atoms with Crippen LogP contribution in [0.5, 0.6) is 5.75 Å². The Kier molecular flexibility index (Phi) is 6.68. The van der Waals surface area contributed by atoms with E-state index in [0.29, 0.717) is 23.4 Å². The maximum atomic E-state index is 14.2. The van der Waals surface area contributed by atoms with E-state index in [-0.39, 0.29) is 39.8 Å². The minimum atomic E-state index is -0.681. The number of nitrogens with one attached hydrogen (secondary N) is 1. The summed E-state index contributed by atoms with van der Waals surface area (Å²) >= 11 is 12.0. The first kappa shape index (κ1) is 25.4. The predicted molar refractivity (Wildman–Crippen MR) is 144 cm³/mol. The molecule has 1 N–H and O–H groups in total. The van der Waals surface area contributed by atoms with Crippen molar-refractivity contribution in [2.75, 3.05) is 0 Å². The van der Waals surface area contributed by atoms with Crippen molar-refractivity contribution in [1.82, 2.24) is 9.88 Å². The Hall–Kier alpha value is -2.90. The maximum absolute atomic E-state index is 14.2. The van der Waals surface area contributed by atoms with Crippen LogP contribution >= 0.6 is 23.2 Å². The average molecular weight is 557 g/mol. The molecule has 2 heterocycles. The monoisotopic (exact) mass is 556 g/mol. The van der Waals surface area contributed by atoms with E-state index in [9.17, 15) is 18.8 Å². The highest BCUT2D eigenvalue weighted by Crippen LogP contribution is 2.38. The van der Waals surface area contributed by atoms with Gasteiger partial charge in [0.15, 0.2) is 11.9 Å². The third kappa shape index (κ3) is 4.94. The topological polar surface area (TPSA) is 77.4 Å². The van der Waals surface area contributed by atoms with Crippen LogP contribution in [0.2, 0.25) is 10.0 Å². The number of aromatic nitrogens is 1. The lowest BCUT2D eigenvalue weighted by molar-refractivity contribution is -0.126. The molecule has 3 aliphatic rings. The van der Waals surface area contributed by atoms with Crippen molar-refractivity contribution in [3.8, 4) is 5.75 Å². The summed E-state index contributed by atoms with van der Waals surface area (Å²) in [6.07, 6.45) is 7.01. The fourth-order valence-corrected chi connectivity index (χ4v) is 6.10. The summed E-state index contributed by atoms with van der Waals surface area (Å²) < 4.78 is 21.9. The molecule has 3 aromatic rings. The molecule has 6 nitrogen and oxygen atoms in total. The van der Waals surface area contributed by atoms with Gasteiger partial charge in [0.25, 0.3) is 5.91 Å². The van der Waals surface area contributed by atoms with Gasteiger partial charge in [-0.05, 0) is 80.3 Å². The van der Waals surface area contributed by atoms with E-state index in [1.165, 1.54) is 6.07 Å². The number of carbonyl (C=O) groups is 2. The summed E-state index contributed by atoms with van der Waals surface area (Å²) in [5, 5.41) is 3.75. The molecule has 1 atom stereocenters. The average Bonchev–Trinajstić information content (AvgIpc) is 3.64. The van der Waals surface area contributed by atoms with Gasteiger partial charge in [0.2, 0.25) is 5.43 Å². The lowest BCUT2D eigenvalue weighted by atomic mass is 9.82. The van der Waals surface area contributed by atoms with Crippen molar-refractivity contribution < 1.29 is 18.7 Å². The predicted octanol–water partition coefficient (Wildman–Crippen LogP) is 6.03. The maximum Gasteiger partial charge on any atom is 0.256 e.